The number of hydrogen-bond acceptors (Lipinski definition) is 7. The van der Waals surface area contributed by atoms with E-state index < -0.39 is 11.9 Å². The summed E-state index contributed by atoms with van der Waals surface area (Å²) in [4.78, 5) is 24.5. The van der Waals surface area contributed by atoms with Gasteiger partial charge in [-0.05, 0) is 104 Å². The van der Waals surface area contributed by atoms with E-state index in [4.69, 9.17) is 30.2 Å². The number of hydrazone groups is 1. The van der Waals surface area contributed by atoms with E-state index in [0.29, 0.717) is 32.3 Å². The monoisotopic (exact) mass is 641 g/mol. The van der Waals surface area contributed by atoms with Crippen molar-refractivity contribution in [1.82, 2.24) is 9.99 Å². The van der Waals surface area contributed by atoms with Crippen LogP contribution in [-0.4, -0.2) is 35.4 Å². The highest BCUT2D eigenvalue weighted by molar-refractivity contribution is 9.10. The number of nitrogens with zero attached hydrogens (tertiary/aromatic N) is 2. The van der Waals surface area contributed by atoms with Gasteiger partial charge in [0, 0.05) is 27.7 Å². The number of carbonyl (C=O) groups excluding carboxylic acids is 2. The smallest absolute Gasteiger partial charge is 0.344 e. The summed E-state index contributed by atoms with van der Waals surface area (Å²) in [6.45, 7) is 7.45. The molecule has 2 aromatic carbocycles. The number of carbonyl (C=O) groups is 2. The first-order valence-electron chi connectivity index (χ1n) is 12.7. The molecule has 4 aromatic rings. The Morgan fingerprint density at radius 1 is 1.05 bits per heavy atom. The molecule has 0 saturated carbocycles. The van der Waals surface area contributed by atoms with Gasteiger partial charge >= 0.3 is 11.9 Å². The van der Waals surface area contributed by atoms with Crippen LogP contribution < -0.4 is 14.9 Å². The number of aromatic nitrogens is 1. The molecule has 214 valence electrons. The molecule has 0 fully saturated rings. The van der Waals surface area contributed by atoms with Crippen molar-refractivity contribution >= 4 is 45.6 Å². The largest absolute Gasteiger partial charge is 0.486 e. The van der Waals surface area contributed by atoms with Gasteiger partial charge in [0.1, 0.15) is 23.9 Å². The molecule has 11 heteroatoms. The second-order valence-corrected chi connectivity index (χ2v) is 10.6. The van der Waals surface area contributed by atoms with Crippen LogP contribution in [0.25, 0.3) is 5.69 Å². The zero-order valence-corrected chi connectivity index (χ0v) is 25.3. The summed E-state index contributed by atoms with van der Waals surface area (Å²) in [7, 11) is 0. The molecule has 0 spiro atoms. The van der Waals surface area contributed by atoms with Gasteiger partial charge in [0.15, 0.2) is 12.4 Å². The average molecular weight is 643 g/mol. The third-order valence-electron chi connectivity index (χ3n) is 5.74. The highest BCUT2D eigenvalue weighted by atomic mass is 79.9. The summed E-state index contributed by atoms with van der Waals surface area (Å²) in [5, 5.41) is 4.39. The van der Waals surface area contributed by atoms with E-state index in [0.717, 1.165) is 17.1 Å². The number of nitrogens with one attached hydrogen (secondary N) is 1. The number of aryl methyl sites for hydroxylation is 2. The first-order chi connectivity index (χ1) is 19.6. The highest BCUT2D eigenvalue weighted by Gasteiger charge is 2.15. The van der Waals surface area contributed by atoms with E-state index in [-0.39, 0.29) is 25.1 Å². The minimum atomic E-state index is -0.557. The summed E-state index contributed by atoms with van der Waals surface area (Å²) in [5.41, 5.74) is 6.20. The molecule has 0 aliphatic heterocycles. The lowest BCUT2D eigenvalue weighted by Gasteiger charge is -2.12. The predicted molar refractivity (Wildman–Crippen MR) is 159 cm³/mol. The number of rotatable bonds is 11. The van der Waals surface area contributed by atoms with Crippen molar-refractivity contribution in [3.8, 4) is 17.2 Å². The van der Waals surface area contributed by atoms with E-state index in [2.05, 4.69) is 57.0 Å². The minimum absolute atomic E-state index is 0.0647. The Bertz CT molecular complexity index is 1540. The van der Waals surface area contributed by atoms with Crippen LogP contribution in [0.2, 0.25) is 5.02 Å². The molecular formula is C30H29BrClN3O6. The van der Waals surface area contributed by atoms with Crippen molar-refractivity contribution < 1.29 is 28.2 Å². The molecule has 2 aromatic heterocycles. The van der Waals surface area contributed by atoms with Crippen LogP contribution in [-0.2, 0) is 16.1 Å². The maximum atomic E-state index is 12.6. The van der Waals surface area contributed by atoms with Crippen LogP contribution in [0.3, 0.4) is 0 Å². The van der Waals surface area contributed by atoms with Crippen molar-refractivity contribution in [2.75, 3.05) is 6.61 Å². The fourth-order valence-corrected chi connectivity index (χ4v) is 4.92. The van der Waals surface area contributed by atoms with Gasteiger partial charge < -0.3 is 23.2 Å². The van der Waals surface area contributed by atoms with E-state index in [9.17, 15) is 9.59 Å². The van der Waals surface area contributed by atoms with Crippen molar-refractivity contribution in [2.45, 2.75) is 40.4 Å². The van der Waals surface area contributed by atoms with Gasteiger partial charge in [0.25, 0.3) is 0 Å². The summed E-state index contributed by atoms with van der Waals surface area (Å²) in [6, 6.07) is 18.3. The van der Waals surface area contributed by atoms with Crippen molar-refractivity contribution in [1.29, 1.82) is 0 Å². The van der Waals surface area contributed by atoms with Gasteiger partial charge in [-0.1, -0.05) is 11.6 Å². The van der Waals surface area contributed by atoms with Crippen molar-refractivity contribution in [3.05, 3.63) is 98.6 Å². The molecule has 41 heavy (non-hydrogen) atoms. The minimum Gasteiger partial charge on any atom is -0.486 e. The number of esters is 1. The predicted octanol–water partition coefficient (Wildman–Crippen LogP) is 6.78. The fourth-order valence-electron chi connectivity index (χ4n) is 3.97. The van der Waals surface area contributed by atoms with Crippen molar-refractivity contribution in [2.24, 2.45) is 5.10 Å². The molecule has 0 bridgehead atoms. The zero-order chi connectivity index (χ0) is 29.5. The SMILES string of the molecule is Cc1ccc(C)n1-c1ccc(OCc2ccc(C(=O)N/N=C/c3cc(Cl)cc(Br)c3OCC(=O)OC(C)C)o2)cc1. The topological polar surface area (TPSA) is 104 Å². The Labute approximate surface area is 251 Å². The number of ether oxygens (including phenoxy) is 3. The average Bonchev–Trinajstić information content (AvgIpc) is 3.53. The van der Waals surface area contributed by atoms with Crippen LogP contribution >= 0.6 is 27.5 Å². The third kappa shape index (κ3) is 8.02. The number of halogens is 2. The van der Waals surface area contributed by atoms with Gasteiger partial charge in [0.05, 0.1) is 16.8 Å². The van der Waals surface area contributed by atoms with Gasteiger partial charge in [-0.25, -0.2) is 10.2 Å². The standard InChI is InChI=1S/C30H29BrClN3O6/c1-18(2)40-28(36)17-39-29-21(13-22(32)14-26(29)31)15-33-34-30(37)27-12-11-25(41-27)16-38-24-9-7-23(8-10-24)35-19(3)5-6-20(35)4/h5-15,18H,16-17H2,1-4H3,(H,34,37)/b33-15+. The highest BCUT2D eigenvalue weighted by Crippen LogP contribution is 2.32. The van der Waals surface area contributed by atoms with Crippen LogP contribution in [0.4, 0.5) is 0 Å². The molecule has 0 atom stereocenters. The molecule has 1 N–H and O–H groups in total. The summed E-state index contributed by atoms with van der Waals surface area (Å²) < 4.78 is 24.8. The van der Waals surface area contributed by atoms with E-state index >= 15 is 0 Å². The van der Waals surface area contributed by atoms with E-state index in [1.165, 1.54) is 12.3 Å². The van der Waals surface area contributed by atoms with Crippen LogP contribution in [0, 0.1) is 13.8 Å². The second kappa shape index (κ2) is 13.6. The van der Waals surface area contributed by atoms with Crippen molar-refractivity contribution in [3.63, 3.8) is 0 Å². The second-order valence-electron chi connectivity index (χ2n) is 9.33. The third-order valence-corrected chi connectivity index (χ3v) is 6.55. The lowest BCUT2D eigenvalue weighted by Crippen LogP contribution is -2.19. The molecule has 0 radical (unpaired) electrons. The summed E-state index contributed by atoms with van der Waals surface area (Å²) in [6.07, 6.45) is 1.09. The Morgan fingerprint density at radius 3 is 2.44 bits per heavy atom. The lowest BCUT2D eigenvalue weighted by atomic mass is 10.2. The van der Waals surface area contributed by atoms with Crippen LogP contribution in [0.15, 0.2) is 74.7 Å². The molecule has 1 amide bonds. The Morgan fingerprint density at radius 2 is 1.76 bits per heavy atom. The first kappa shape index (κ1) is 30.0. The molecule has 0 saturated heterocycles. The summed E-state index contributed by atoms with van der Waals surface area (Å²) in [5.74, 6) is 0.453. The molecule has 0 aliphatic carbocycles. The molecule has 9 nitrogen and oxygen atoms in total. The maximum absolute atomic E-state index is 12.6. The van der Waals surface area contributed by atoms with Gasteiger partial charge in [-0.3, -0.25) is 4.79 Å². The number of hydrogen-bond donors (Lipinski definition) is 1. The summed E-state index contributed by atoms with van der Waals surface area (Å²) >= 11 is 9.53. The normalized spacial score (nSPS) is 11.2. The van der Waals surface area contributed by atoms with Gasteiger partial charge in [-0.15, -0.1) is 0 Å². The van der Waals surface area contributed by atoms with Gasteiger partial charge in [0.2, 0.25) is 0 Å². The Hall–Kier alpha value is -4.02. The van der Waals surface area contributed by atoms with E-state index in [1.807, 2.05) is 24.3 Å². The fraction of sp³-hybridized carbons (Fsp3) is 0.233. The molecular weight excluding hydrogens is 614 g/mol. The van der Waals surface area contributed by atoms with E-state index in [1.54, 1.807) is 32.0 Å². The lowest BCUT2D eigenvalue weighted by molar-refractivity contribution is -0.149. The van der Waals surface area contributed by atoms with Crippen LogP contribution in [0.5, 0.6) is 11.5 Å². The molecule has 0 aliphatic rings. The zero-order valence-electron chi connectivity index (χ0n) is 22.9. The Kier molecular flexibility index (Phi) is 9.91. The van der Waals surface area contributed by atoms with Gasteiger partial charge in [-0.2, -0.15) is 5.10 Å². The number of amides is 1. The van der Waals surface area contributed by atoms with Crippen LogP contribution in [0.1, 0.15) is 47.1 Å². The Balaban J connectivity index is 1.33. The quantitative estimate of drug-likeness (QED) is 0.110. The first-order valence-corrected chi connectivity index (χ1v) is 13.9. The molecule has 4 rings (SSSR count). The molecule has 0 unspecified atom stereocenters. The maximum Gasteiger partial charge on any atom is 0.344 e. The molecule has 2 heterocycles. The number of furan rings is 1. The number of benzene rings is 2.